The minimum absolute atomic E-state index is 0.638. The molecule has 0 bridgehead atoms. The second-order valence-electron chi connectivity index (χ2n) is 3.07. The Labute approximate surface area is 79.2 Å². The molecule has 0 radical (unpaired) electrons. The van der Waals surface area contributed by atoms with Gasteiger partial charge in [-0.25, -0.2) is 0 Å². The molecule has 0 aromatic rings. The third-order valence-electron chi connectivity index (χ3n) is 2.04. The fourth-order valence-corrected chi connectivity index (χ4v) is 2.13. The Kier molecular flexibility index (Phi) is 4.51. The van der Waals surface area contributed by atoms with E-state index in [1.54, 1.807) is 0 Å². The lowest BCUT2D eigenvalue weighted by atomic mass is 10.1. The number of hydrogen-bond donors (Lipinski definition) is 1. The highest BCUT2D eigenvalue weighted by Crippen LogP contribution is 2.11. The van der Waals surface area contributed by atoms with Crippen molar-refractivity contribution in [2.45, 2.75) is 39.2 Å². The van der Waals surface area contributed by atoms with E-state index in [0.29, 0.717) is 6.04 Å². The van der Waals surface area contributed by atoms with Crippen LogP contribution < -0.4 is 5.32 Å². The summed E-state index contributed by atoms with van der Waals surface area (Å²) >= 11 is 1.85. The van der Waals surface area contributed by atoms with Crippen LogP contribution in [-0.4, -0.2) is 23.5 Å². The third-order valence-corrected chi connectivity index (χ3v) is 2.95. The van der Waals surface area contributed by atoms with Crippen molar-refractivity contribution >= 4 is 16.9 Å². The molecule has 1 aliphatic rings. The number of rotatable bonds is 4. The van der Waals surface area contributed by atoms with Gasteiger partial charge < -0.3 is 5.32 Å². The third kappa shape index (κ3) is 3.05. The molecule has 2 nitrogen and oxygen atoms in total. The molecule has 0 fully saturated rings. The quantitative estimate of drug-likeness (QED) is 0.728. The molecule has 0 spiro atoms. The van der Waals surface area contributed by atoms with Gasteiger partial charge in [-0.3, -0.25) is 4.99 Å². The summed E-state index contributed by atoms with van der Waals surface area (Å²) in [5, 5.41) is 4.64. The van der Waals surface area contributed by atoms with E-state index >= 15 is 0 Å². The van der Waals surface area contributed by atoms with Crippen LogP contribution in [0.25, 0.3) is 0 Å². The molecule has 0 aromatic heterocycles. The number of amidine groups is 1. The van der Waals surface area contributed by atoms with Gasteiger partial charge in [0.05, 0.1) is 6.54 Å². The van der Waals surface area contributed by atoms with E-state index in [0.717, 1.165) is 17.5 Å². The van der Waals surface area contributed by atoms with Gasteiger partial charge in [0.1, 0.15) is 0 Å². The summed E-state index contributed by atoms with van der Waals surface area (Å²) < 4.78 is 0. The summed E-state index contributed by atoms with van der Waals surface area (Å²) in [5.74, 6) is 1.16. The Morgan fingerprint density at radius 3 is 2.92 bits per heavy atom. The lowest BCUT2D eigenvalue weighted by Gasteiger charge is -2.16. The van der Waals surface area contributed by atoms with Crippen LogP contribution in [0.5, 0.6) is 0 Å². The zero-order valence-corrected chi connectivity index (χ0v) is 8.78. The number of nitrogens with zero attached hydrogens (tertiary/aromatic N) is 1. The largest absolute Gasteiger partial charge is 0.362 e. The molecule has 0 aromatic carbocycles. The minimum atomic E-state index is 0.638. The van der Waals surface area contributed by atoms with Gasteiger partial charge in [-0.2, -0.15) is 0 Å². The van der Waals surface area contributed by atoms with Crippen LogP contribution in [0.1, 0.15) is 33.1 Å². The van der Waals surface area contributed by atoms with E-state index in [1.807, 2.05) is 11.8 Å². The first kappa shape index (κ1) is 9.90. The monoisotopic (exact) mass is 186 g/mol. The molecule has 0 saturated heterocycles. The summed E-state index contributed by atoms with van der Waals surface area (Å²) in [5.41, 5.74) is 0. The molecule has 0 saturated carbocycles. The van der Waals surface area contributed by atoms with Gasteiger partial charge in [0.25, 0.3) is 0 Å². The topological polar surface area (TPSA) is 24.4 Å². The predicted molar refractivity (Wildman–Crippen MR) is 56.9 cm³/mol. The van der Waals surface area contributed by atoms with Crippen molar-refractivity contribution in [2.75, 3.05) is 12.3 Å². The van der Waals surface area contributed by atoms with Gasteiger partial charge in [0, 0.05) is 11.8 Å². The molecular formula is C9H18N2S. The van der Waals surface area contributed by atoms with Gasteiger partial charge in [-0.15, -0.1) is 0 Å². The van der Waals surface area contributed by atoms with Crippen LogP contribution in [0, 0.1) is 0 Å². The molecule has 0 amide bonds. The lowest BCUT2D eigenvalue weighted by Crippen LogP contribution is -2.31. The molecule has 1 atom stereocenters. The number of hydrogen-bond acceptors (Lipinski definition) is 3. The molecule has 3 heteroatoms. The van der Waals surface area contributed by atoms with Crippen molar-refractivity contribution in [3.05, 3.63) is 0 Å². The van der Waals surface area contributed by atoms with Crippen LogP contribution in [0.2, 0.25) is 0 Å². The Morgan fingerprint density at radius 1 is 1.58 bits per heavy atom. The van der Waals surface area contributed by atoms with Gasteiger partial charge >= 0.3 is 0 Å². The molecule has 0 aliphatic carbocycles. The normalized spacial score (nSPS) is 19.0. The van der Waals surface area contributed by atoms with Crippen molar-refractivity contribution < 1.29 is 0 Å². The highest BCUT2D eigenvalue weighted by Gasteiger charge is 2.10. The summed E-state index contributed by atoms with van der Waals surface area (Å²) in [7, 11) is 0. The van der Waals surface area contributed by atoms with Crippen molar-refractivity contribution in [3.63, 3.8) is 0 Å². The summed E-state index contributed by atoms with van der Waals surface area (Å²) in [4.78, 5) is 4.37. The average Bonchev–Trinajstić information content (AvgIpc) is 2.56. The number of aliphatic imine (C=N–C) groups is 1. The molecular weight excluding hydrogens is 168 g/mol. The maximum Gasteiger partial charge on any atom is 0.156 e. The Bertz CT molecular complexity index is 157. The maximum atomic E-state index is 4.37. The molecule has 1 heterocycles. The predicted octanol–water partition coefficient (Wildman–Crippen LogP) is 2.26. The van der Waals surface area contributed by atoms with E-state index in [4.69, 9.17) is 0 Å². The average molecular weight is 186 g/mol. The maximum absolute atomic E-state index is 4.37. The van der Waals surface area contributed by atoms with Crippen molar-refractivity contribution in [1.82, 2.24) is 5.32 Å². The van der Waals surface area contributed by atoms with E-state index < -0.39 is 0 Å². The first-order valence-corrected chi connectivity index (χ1v) is 5.79. The molecule has 1 unspecified atom stereocenters. The van der Waals surface area contributed by atoms with Gasteiger partial charge in [0.2, 0.25) is 0 Å². The highest BCUT2D eigenvalue weighted by atomic mass is 32.2. The van der Waals surface area contributed by atoms with Crippen molar-refractivity contribution in [3.8, 4) is 0 Å². The standard InChI is InChI=1S/C9H18N2S/c1-3-5-8(4-2)11-9-10-6-7-12-9/h8H,3-7H2,1-2H3,(H,10,11). The zero-order chi connectivity index (χ0) is 8.81. The Hall–Kier alpha value is -0.180. The van der Waals surface area contributed by atoms with Crippen molar-refractivity contribution in [2.24, 2.45) is 4.99 Å². The van der Waals surface area contributed by atoms with Crippen LogP contribution >= 0.6 is 11.8 Å². The Morgan fingerprint density at radius 2 is 2.42 bits per heavy atom. The molecule has 1 aliphatic heterocycles. The van der Waals surface area contributed by atoms with Crippen LogP contribution in [0.4, 0.5) is 0 Å². The minimum Gasteiger partial charge on any atom is -0.362 e. The SMILES string of the molecule is CCCC(CC)NC1=NCCS1. The van der Waals surface area contributed by atoms with E-state index in [9.17, 15) is 0 Å². The molecule has 12 heavy (non-hydrogen) atoms. The second-order valence-corrected chi connectivity index (χ2v) is 4.16. The van der Waals surface area contributed by atoms with Gasteiger partial charge in [0.15, 0.2) is 5.17 Å². The van der Waals surface area contributed by atoms with E-state index in [1.165, 1.54) is 19.3 Å². The fraction of sp³-hybridized carbons (Fsp3) is 0.889. The lowest BCUT2D eigenvalue weighted by molar-refractivity contribution is 0.539. The summed E-state index contributed by atoms with van der Waals surface area (Å²) in [6, 6.07) is 0.638. The van der Waals surface area contributed by atoms with Crippen LogP contribution in [-0.2, 0) is 0 Å². The first-order chi connectivity index (χ1) is 5.86. The molecule has 70 valence electrons. The van der Waals surface area contributed by atoms with E-state index in [-0.39, 0.29) is 0 Å². The van der Waals surface area contributed by atoms with Crippen LogP contribution in [0.15, 0.2) is 4.99 Å². The fourth-order valence-electron chi connectivity index (χ4n) is 1.32. The summed E-state index contributed by atoms with van der Waals surface area (Å²) in [6.07, 6.45) is 3.72. The Balaban J connectivity index is 2.25. The van der Waals surface area contributed by atoms with Crippen LogP contribution in [0.3, 0.4) is 0 Å². The number of nitrogens with one attached hydrogen (secondary N) is 1. The first-order valence-electron chi connectivity index (χ1n) is 4.80. The number of thioether (sulfide) groups is 1. The van der Waals surface area contributed by atoms with E-state index in [2.05, 4.69) is 24.2 Å². The van der Waals surface area contributed by atoms with Gasteiger partial charge in [-0.1, -0.05) is 32.0 Å². The second kappa shape index (κ2) is 5.46. The zero-order valence-electron chi connectivity index (χ0n) is 7.97. The van der Waals surface area contributed by atoms with Gasteiger partial charge in [-0.05, 0) is 12.8 Å². The molecule has 1 N–H and O–H groups in total. The smallest absolute Gasteiger partial charge is 0.156 e. The van der Waals surface area contributed by atoms with Crippen molar-refractivity contribution in [1.29, 1.82) is 0 Å². The highest BCUT2D eigenvalue weighted by molar-refractivity contribution is 8.14. The molecule has 1 rings (SSSR count). The summed E-state index contributed by atoms with van der Waals surface area (Å²) in [6.45, 7) is 5.46.